The van der Waals surface area contributed by atoms with Gasteiger partial charge in [0.1, 0.15) is 15.9 Å². The molecule has 30 heavy (non-hydrogen) atoms. The molecule has 0 radical (unpaired) electrons. The van der Waals surface area contributed by atoms with E-state index < -0.39 is 25.1 Å². The van der Waals surface area contributed by atoms with E-state index in [1.807, 2.05) is 0 Å². The van der Waals surface area contributed by atoms with Gasteiger partial charge in [-0.05, 0) is 48.4 Å². The van der Waals surface area contributed by atoms with E-state index in [1.165, 1.54) is 37.7 Å². The van der Waals surface area contributed by atoms with Crippen LogP contribution in [0.25, 0.3) is 0 Å². The van der Waals surface area contributed by atoms with E-state index in [0.29, 0.717) is 5.56 Å². The van der Waals surface area contributed by atoms with Crippen LogP contribution < -0.4 is 9.46 Å². The molecule has 0 fully saturated rings. The van der Waals surface area contributed by atoms with Gasteiger partial charge in [0.2, 0.25) is 10.0 Å². The second kappa shape index (κ2) is 8.95. The zero-order chi connectivity index (χ0) is 21.8. The molecule has 9 heteroatoms. The fourth-order valence-corrected chi connectivity index (χ4v) is 6.07. The minimum atomic E-state index is -4.03. The van der Waals surface area contributed by atoms with Crippen LogP contribution in [0.3, 0.4) is 0 Å². The summed E-state index contributed by atoms with van der Waals surface area (Å²) in [5.41, 5.74) is 1.12. The van der Waals surface area contributed by atoms with E-state index in [9.17, 15) is 16.8 Å². The molecule has 0 spiro atoms. The van der Waals surface area contributed by atoms with E-state index in [4.69, 9.17) is 4.74 Å². The third-order valence-electron chi connectivity index (χ3n) is 4.57. The molecule has 3 aromatic rings. The predicted molar refractivity (Wildman–Crippen MR) is 114 cm³/mol. The molecule has 0 saturated carbocycles. The number of aryl methyl sites for hydroxylation is 1. The summed E-state index contributed by atoms with van der Waals surface area (Å²) in [4.78, 5) is 4.05. The van der Waals surface area contributed by atoms with Gasteiger partial charge < -0.3 is 4.74 Å². The number of hydrogen-bond acceptors (Lipinski definition) is 6. The van der Waals surface area contributed by atoms with Crippen molar-refractivity contribution in [3.05, 3.63) is 84.2 Å². The van der Waals surface area contributed by atoms with Crippen LogP contribution in [0.4, 0.5) is 0 Å². The molecule has 2 aromatic carbocycles. The molecule has 1 heterocycles. The highest BCUT2D eigenvalue weighted by molar-refractivity contribution is 7.92. The summed E-state index contributed by atoms with van der Waals surface area (Å²) in [5, 5.41) is -1.15. The van der Waals surface area contributed by atoms with Crippen LogP contribution in [0, 0.1) is 6.92 Å². The normalized spacial score (nSPS) is 13.0. The Morgan fingerprint density at radius 2 is 1.73 bits per heavy atom. The van der Waals surface area contributed by atoms with Crippen molar-refractivity contribution >= 4 is 19.9 Å². The quantitative estimate of drug-likeness (QED) is 0.571. The number of methoxy groups -OCH3 is 1. The predicted octanol–water partition coefficient (Wildman–Crippen LogP) is 2.89. The largest absolute Gasteiger partial charge is 0.495 e. The van der Waals surface area contributed by atoms with Crippen molar-refractivity contribution < 1.29 is 21.6 Å². The number of aromatic nitrogens is 1. The SMILES string of the molecule is COc1ccc(C)cc1S(=O)(=O)NC[C@H](c1cccnc1)S(=O)(=O)c1ccccc1. The third kappa shape index (κ3) is 4.69. The summed E-state index contributed by atoms with van der Waals surface area (Å²) in [6.07, 6.45) is 2.95. The average Bonchev–Trinajstić information content (AvgIpc) is 2.75. The van der Waals surface area contributed by atoms with E-state index in [1.54, 1.807) is 49.4 Å². The number of hydrogen-bond donors (Lipinski definition) is 1. The molecular formula is C21H22N2O5S2. The zero-order valence-corrected chi connectivity index (χ0v) is 18.2. The number of nitrogens with one attached hydrogen (secondary N) is 1. The monoisotopic (exact) mass is 446 g/mol. The molecule has 0 aliphatic rings. The van der Waals surface area contributed by atoms with Crippen molar-refractivity contribution in [2.45, 2.75) is 22.0 Å². The molecule has 0 saturated heterocycles. The molecule has 0 aliphatic carbocycles. The van der Waals surface area contributed by atoms with Gasteiger partial charge in [-0.2, -0.15) is 0 Å². The first kappa shape index (κ1) is 21.9. The summed E-state index contributed by atoms with van der Waals surface area (Å²) in [6, 6.07) is 15.9. The fourth-order valence-electron chi connectivity index (χ4n) is 3.00. The van der Waals surface area contributed by atoms with Crippen LogP contribution in [0.2, 0.25) is 0 Å². The average molecular weight is 447 g/mol. The first-order valence-electron chi connectivity index (χ1n) is 9.09. The van der Waals surface area contributed by atoms with Gasteiger partial charge in [-0.25, -0.2) is 21.6 Å². The van der Waals surface area contributed by atoms with Gasteiger partial charge in [-0.3, -0.25) is 4.98 Å². The number of sulfonamides is 1. The smallest absolute Gasteiger partial charge is 0.244 e. The molecule has 7 nitrogen and oxygen atoms in total. The molecule has 1 aromatic heterocycles. The van der Waals surface area contributed by atoms with Crippen molar-refractivity contribution in [3.63, 3.8) is 0 Å². The maximum absolute atomic E-state index is 13.3. The van der Waals surface area contributed by atoms with Gasteiger partial charge in [-0.1, -0.05) is 30.3 Å². The van der Waals surface area contributed by atoms with Crippen molar-refractivity contribution in [2.24, 2.45) is 0 Å². The van der Waals surface area contributed by atoms with Crippen molar-refractivity contribution in [3.8, 4) is 5.75 Å². The molecule has 3 rings (SSSR count). The van der Waals surface area contributed by atoms with Crippen LogP contribution >= 0.6 is 0 Å². The molecule has 0 bridgehead atoms. The van der Waals surface area contributed by atoms with Crippen molar-refractivity contribution in [1.29, 1.82) is 0 Å². The Morgan fingerprint density at radius 3 is 2.37 bits per heavy atom. The summed E-state index contributed by atoms with van der Waals surface area (Å²) < 4.78 is 60.1. The van der Waals surface area contributed by atoms with Gasteiger partial charge in [0.15, 0.2) is 9.84 Å². The molecule has 1 N–H and O–H groups in total. The lowest BCUT2D eigenvalue weighted by Crippen LogP contribution is -2.32. The van der Waals surface area contributed by atoms with Gasteiger partial charge in [-0.15, -0.1) is 0 Å². The summed E-state index contributed by atoms with van der Waals surface area (Å²) in [6.45, 7) is 1.40. The number of ether oxygens (including phenoxy) is 1. The van der Waals surface area contributed by atoms with E-state index >= 15 is 0 Å². The number of pyridine rings is 1. The first-order valence-corrected chi connectivity index (χ1v) is 12.1. The van der Waals surface area contributed by atoms with Gasteiger partial charge in [0, 0.05) is 18.9 Å². The molecule has 0 unspecified atom stereocenters. The summed E-state index contributed by atoms with van der Waals surface area (Å²) >= 11 is 0. The lowest BCUT2D eigenvalue weighted by Gasteiger charge is -2.19. The number of nitrogens with zero attached hydrogens (tertiary/aromatic N) is 1. The van der Waals surface area contributed by atoms with E-state index in [0.717, 1.165) is 5.56 Å². The summed E-state index contributed by atoms with van der Waals surface area (Å²) in [7, 11) is -6.53. The lowest BCUT2D eigenvalue weighted by molar-refractivity contribution is 0.402. The third-order valence-corrected chi connectivity index (χ3v) is 8.13. The number of benzene rings is 2. The molecular weight excluding hydrogens is 424 g/mol. The highest BCUT2D eigenvalue weighted by atomic mass is 32.2. The van der Waals surface area contributed by atoms with Gasteiger partial charge in [0.05, 0.1) is 12.0 Å². The zero-order valence-electron chi connectivity index (χ0n) is 16.5. The molecule has 0 amide bonds. The minimum absolute atomic E-state index is 0.0490. The summed E-state index contributed by atoms with van der Waals surface area (Å²) in [5.74, 6) is 0.178. The van der Waals surface area contributed by atoms with Crippen LogP contribution in [0.1, 0.15) is 16.4 Å². The standard InChI is InChI=1S/C21H22N2O5S2/c1-16-10-11-19(28-2)20(13-16)30(26,27)23-15-21(17-7-6-12-22-14-17)29(24,25)18-8-4-3-5-9-18/h3-14,21,23H,15H2,1-2H3/t21-/m1/s1. The van der Waals surface area contributed by atoms with Gasteiger partial charge >= 0.3 is 0 Å². The molecule has 158 valence electrons. The Labute approximate surface area is 176 Å². The van der Waals surface area contributed by atoms with E-state index in [-0.39, 0.29) is 22.1 Å². The van der Waals surface area contributed by atoms with Crippen molar-refractivity contribution in [2.75, 3.05) is 13.7 Å². The minimum Gasteiger partial charge on any atom is -0.495 e. The lowest BCUT2D eigenvalue weighted by atomic mass is 10.2. The van der Waals surface area contributed by atoms with Crippen LogP contribution in [-0.2, 0) is 19.9 Å². The first-order chi connectivity index (χ1) is 14.3. The maximum Gasteiger partial charge on any atom is 0.244 e. The number of rotatable bonds is 8. The van der Waals surface area contributed by atoms with Crippen molar-refractivity contribution in [1.82, 2.24) is 9.71 Å². The maximum atomic E-state index is 13.3. The molecule has 1 atom stereocenters. The Kier molecular flexibility index (Phi) is 6.55. The Hall–Kier alpha value is -2.75. The number of sulfone groups is 1. The fraction of sp³-hybridized carbons (Fsp3) is 0.190. The Bertz CT molecular complexity index is 1210. The second-order valence-corrected chi connectivity index (χ2v) is 10.5. The molecule has 0 aliphatic heterocycles. The Morgan fingerprint density at radius 1 is 1.00 bits per heavy atom. The Balaban J connectivity index is 1.98. The topological polar surface area (TPSA) is 102 Å². The highest BCUT2D eigenvalue weighted by Gasteiger charge is 2.31. The van der Waals surface area contributed by atoms with Crippen LogP contribution in [-0.4, -0.2) is 35.5 Å². The van der Waals surface area contributed by atoms with Gasteiger partial charge in [0.25, 0.3) is 0 Å². The highest BCUT2D eigenvalue weighted by Crippen LogP contribution is 2.29. The van der Waals surface area contributed by atoms with Crippen LogP contribution in [0.15, 0.2) is 82.8 Å². The van der Waals surface area contributed by atoms with Crippen LogP contribution in [0.5, 0.6) is 5.75 Å². The second-order valence-electron chi connectivity index (χ2n) is 6.64. The van der Waals surface area contributed by atoms with E-state index in [2.05, 4.69) is 9.71 Å².